The second kappa shape index (κ2) is 7.46. The molecule has 2 aliphatic rings. The monoisotopic (exact) mass is 401 g/mol. The van der Waals surface area contributed by atoms with Crippen molar-refractivity contribution >= 4 is 12.1 Å². The zero-order valence-corrected chi connectivity index (χ0v) is 15.7. The van der Waals surface area contributed by atoms with Gasteiger partial charge >= 0.3 is 18.0 Å². The molecule has 1 aliphatic heterocycles. The van der Waals surface area contributed by atoms with Crippen molar-refractivity contribution in [1.82, 2.24) is 4.90 Å². The molecule has 0 atom stereocenters. The number of piperidine rings is 1. The molecule has 0 saturated carbocycles. The number of carboxylic acids is 1. The summed E-state index contributed by atoms with van der Waals surface area (Å²) in [5, 5.41) is 8.68. The number of aliphatic carboxylic acids is 1. The molecule has 0 aromatic heterocycles. The van der Waals surface area contributed by atoms with Crippen LogP contribution in [-0.4, -0.2) is 47.7 Å². The van der Waals surface area contributed by atoms with E-state index >= 15 is 0 Å². The normalized spacial score (nSPS) is 17.0. The summed E-state index contributed by atoms with van der Waals surface area (Å²) in [7, 11) is 0. The molecule has 0 radical (unpaired) electrons. The van der Waals surface area contributed by atoms with Crippen LogP contribution in [0.4, 0.5) is 13.6 Å². The van der Waals surface area contributed by atoms with Crippen LogP contribution in [0.25, 0.3) is 11.1 Å². The molecule has 5 nitrogen and oxygen atoms in total. The maximum absolute atomic E-state index is 13.7. The van der Waals surface area contributed by atoms with E-state index in [0.717, 1.165) is 22.3 Å². The second-order valence-electron chi connectivity index (χ2n) is 7.49. The van der Waals surface area contributed by atoms with Crippen molar-refractivity contribution in [3.05, 3.63) is 59.7 Å². The van der Waals surface area contributed by atoms with Gasteiger partial charge < -0.3 is 14.7 Å². The number of nitrogens with zero attached hydrogens (tertiary/aromatic N) is 1. The van der Waals surface area contributed by atoms with Gasteiger partial charge in [-0.15, -0.1) is 0 Å². The number of carboxylic acid groups (broad SMARTS) is 1. The van der Waals surface area contributed by atoms with Gasteiger partial charge in [-0.05, 0) is 35.1 Å². The lowest BCUT2D eigenvalue weighted by Crippen LogP contribution is -2.46. The molecule has 1 heterocycles. The van der Waals surface area contributed by atoms with E-state index in [4.69, 9.17) is 9.84 Å². The van der Waals surface area contributed by atoms with E-state index < -0.39 is 23.9 Å². The highest BCUT2D eigenvalue weighted by Gasteiger charge is 2.48. The van der Waals surface area contributed by atoms with Crippen LogP contribution in [0.1, 0.15) is 29.9 Å². The number of amides is 1. The molecule has 1 N–H and O–H groups in total. The first-order valence-electron chi connectivity index (χ1n) is 9.60. The van der Waals surface area contributed by atoms with Gasteiger partial charge in [0.2, 0.25) is 0 Å². The minimum atomic E-state index is -3.77. The van der Waals surface area contributed by atoms with E-state index in [-0.39, 0.29) is 38.5 Å². The lowest BCUT2D eigenvalue weighted by molar-refractivity contribution is -0.175. The van der Waals surface area contributed by atoms with Crippen molar-refractivity contribution < 1.29 is 28.2 Å². The third-order valence-electron chi connectivity index (χ3n) is 5.89. The minimum Gasteiger partial charge on any atom is -0.477 e. The van der Waals surface area contributed by atoms with Gasteiger partial charge in [0, 0.05) is 24.9 Å². The van der Waals surface area contributed by atoms with Gasteiger partial charge in [0.1, 0.15) is 6.61 Å². The standard InChI is InChI=1S/C22H21F2NO4/c23-22(24,20(26)27)14-9-11-25(12-10-14)21(28)29-13-19-17-7-3-1-5-15(17)16-6-2-4-8-18(16)19/h1-8,14,19H,9-13H2,(H,26,27). The molecule has 4 rings (SSSR count). The van der Waals surface area contributed by atoms with E-state index in [1.807, 2.05) is 48.5 Å². The van der Waals surface area contributed by atoms with E-state index in [0.29, 0.717) is 0 Å². The lowest BCUT2D eigenvalue weighted by Gasteiger charge is -2.33. The minimum absolute atomic E-state index is 0.0597. The molecule has 2 aromatic carbocycles. The molecule has 1 amide bonds. The molecule has 0 unspecified atom stereocenters. The van der Waals surface area contributed by atoms with E-state index in [1.54, 1.807) is 0 Å². The fraction of sp³-hybridized carbons (Fsp3) is 0.364. The fourth-order valence-electron chi connectivity index (χ4n) is 4.28. The van der Waals surface area contributed by atoms with Crippen LogP contribution in [0.3, 0.4) is 0 Å². The highest BCUT2D eigenvalue weighted by Crippen LogP contribution is 2.44. The Morgan fingerprint density at radius 3 is 2.03 bits per heavy atom. The second-order valence-corrected chi connectivity index (χ2v) is 7.49. The zero-order chi connectivity index (χ0) is 20.6. The first-order valence-corrected chi connectivity index (χ1v) is 9.60. The van der Waals surface area contributed by atoms with Gasteiger partial charge in [0.25, 0.3) is 0 Å². The molecule has 152 valence electrons. The van der Waals surface area contributed by atoms with E-state index in [1.165, 1.54) is 4.90 Å². The number of ether oxygens (including phenoxy) is 1. The largest absolute Gasteiger partial charge is 0.477 e. The molecule has 1 fully saturated rings. The maximum Gasteiger partial charge on any atom is 0.409 e. The Hall–Kier alpha value is -2.96. The Bertz CT molecular complexity index is 892. The Morgan fingerprint density at radius 1 is 1.00 bits per heavy atom. The van der Waals surface area contributed by atoms with Gasteiger partial charge in [-0.1, -0.05) is 48.5 Å². The number of rotatable bonds is 4. The van der Waals surface area contributed by atoms with E-state index in [9.17, 15) is 18.4 Å². The average molecular weight is 401 g/mol. The average Bonchev–Trinajstić information content (AvgIpc) is 3.06. The first kappa shape index (κ1) is 19.4. The van der Waals surface area contributed by atoms with Crippen LogP contribution in [0.5, 0.6) is 0 Å². The highest BCUT2D eigenvalue weighted by molar-refractivity contribution is 5.79. The summed E-state index contributed by atoms with van der Waals surface area (Å²) in [6.07, 6.45) is -0.684. The van der Waals surface area contributed by atoms with Gasteiger partial charge in [0.05, 0.1) is 0 Å². The molecule has 7 heteroatoms. The lowest BCUT2D eigenvalue weighted by atomic mass is 9.90. The number of hydrogen-bond donors (Lipinski definition) is 1. The summed E-state index contributed by atoms with van der Waals surface area (Å²) in [6, 6.07) is 16.0. The summed E-state index contributed by atoms with van der Waals surface area (Å²) in [4.78, 5) is 24.6. The van der Waals surface area contributed by atoms with Crippen molar-refractivity contribution in [2.75, 3.05) is 19.7 Å². The van der Waals surface area contributed by atoms with Gasteiger partial charge in [-0.25, -0.2) is 9.59 Å². The molecule has 29 heavy (non-hydrogen) atoms. The highest BCUT2D eigenvalue weighted by atomic mass is 19.3. The van der Waals surface area contributed by atoms with Crippen molar-refractivity contribution in [2.45, 2.75) is 24.7 Å². The quantitative estimate of drug-likeness (QED) is 0.826. The fourth-order valence-corrected chi connectivity index (χ4v) is 4.28. The van der Waals surface area contributed by atoms with E-state index in [2.05, 4.69) is 0 Å². The summed E-state index contributed by atoms with van der Waals surface area (Å²) >= 11 is 0. The number of likely N-dealkylation sites (tertiary alicyclic amines) is 1. The smallest absolute Gasteiger partial charge is 0.409 e. The predicted octanol–water partition coefficient (Wildman–Crippen LogP) is 4.37. The van der Waals surface area contributed by atoms with Crippen LogP contribution in [0.2, 0.25) is 0 Å². The molecular weight excluding hydrogens is 380 g/mol. The van der Waals surface area contributed by atoms with Gasteiger partial charge in [0.15, 0.2) is 0 Å². The molecule has 0 bridgehead atoms. The molecular formula is C22H21F2NO4. The Morgan fingerprint density at radius 2 is 1.52 bits per heavy atom. The van der Waals surface area contributed by atoms with Crippen molar-refractivity contribution in [1.29, 1.82) is 0 Å². The third kappa shape index (κ3) is 3.45. The summed E-state index contributed by atoms with van der Waals surface area (Å²) < 4.78 is 32.9. The van der Waals surface area contributed by atoms with Gasteiger partial charge in [-0.3, -0.25) is 0 Å². The number of halogens is 2. The maximum atomic E-state index is 13.7. The molecule has 2 aromatic rings. The molecule has 1 aliphatic carbocycles. The van der Waals surface area contributed by atoms with Crippen LogP contribution < -0.4 is 0 Å². The number of alkyl halides is 2. The Kier molecular flexibility index (Phi) is 4.98. The molecule has 0 spiro atoms. The predicted molar refractivity (Wildman–Crippen MR) is 102 cm³/mol. The van der Waals surface area contributed by atoms with Crippen LogP contribution >= 0.6 is 0 Å². The molecule has 1 saturated heterocycles. The SMILES string of the molecule is O=C(OCC1c2ccccc2-c2ccccc21)N1CCC(C(F)(F)C(=O)O)CC1. The van der Waals surface area contributed by atoms with Crippen LogP contribution in [0.15, 0.2) is 48.5 Å². The summed E-state index contributed by atoms with van der Waals surface area (Å²) in [6.45, 7) is 0.284. The van der Waals surface area contributed by atoms with Crippen molar-refractivity contribution in [3.63, 3.8) is 0 Å². The first-order chi connectivity index (χ1) is 13.9. The Labute approximate surface area is 166 Å². The van der Waals surface area contributed by atoms with Crippen LogP contribution in [0, 0.1) is 5.92 Å². The Balaban J connectivity index is 1.39. The number of carbonyl (C=O) groups excluding carboxylic acids is 1. The van der Waals surface area contributed by atoms with Crippen molar-refractivity contribution in [2.24, 2.45) is 5.92 Å². The van der Waals surface area contributed by atoms with Gasteiger partial charge in [-0.2, -0.15) is 8.78 Å². The number of hydrogen-bond acceptors (Lipinski definition) is 3. The third-order valence-corrected chi connectivity index (χ3v) is 5.89. The summed E-state index contributed by atoms with van der Waals surface area (Å²) in [5.41, 5.74) is 4.45. The number of fused-ring (bicyclic) bond motifs is 3. The van der Waals surface area contributed by atoms with Crippen LogP contribution in [-0.2, 0) is 9.53 Å². The van der Waals surface area contributed by atoms with Crippen molar-refractivity contribution in [3.8, 4) is 11.1 Å². The summed E-state index contributed by atoms with van der Waals surface area (Å²) in [5.74, 6) is -7.22. The number of benzene rings is 2. The zero-order valence-electron chi connectivity index (χ0n) is 15.7. The topological polar surface area (TPSA) is 66.8 Å². The number of carbonyl (C=O) groups is 2.